The topological polar surface area (TPSA) is 65.5 Å². The summed E-state index contributed by atoms with van der Waals surface area (Å²) in [5.41, 5.74) is 0.920. The molecule has 1 aromatic heterocycles. The quantitative estimate of drug-likeness (QED) is 0.864. The van der Waals surface area contributed by atoms with E-state index in [1.54, 1.807) is 16.2 Å². The van der Waals surface area contributed by atoms with Crippen molar-refractivity contribution in [3.63, 3.8) is 0 Å². The number of aromatic nitrogens is 1. The van der Waals surface area contributed by atoms with E-state index in [1.807, 2.05) is 5.38 Å². The molecule has 1 atom stereocenters. The van der Waals surface area contributed by atoms with Crippen LogP contribution in [0.15, 0.2) is 5.38 Å². The fourth-order valence-electron chi connectivity index (χ4n) is 2.04. The van der Waals surface area contributed by atoms with Crippen LogP contribution >= 0.6 is 11.3 Å². The number of amides is 2. The number of aryl methyl sites for hydroxylation is 1. The average Bonchev–Trinajstić information content (AvgIpc) is 3.04. The molecule has 2 rings (SSSR count). The SMILES string of the molecule is CCc1nc(CNC(=O)N2CC[C@@H](CO)C2)cs1. The Labute approximate surface area is 111 Å². The van der Waals surface area contributed by atoms with Gasteiger partial charge in [0, 0.05) is 31.0 Å². The van der Waals surface area contributed by atoms with Gasteiger partial charge < -0.3 is 15.3 Å². The lowest BCUT2D eigenvalue weighted by molar-refractivity contribution is 0.198. The molecule has 2 amide bonds. The second-order valence-electron chi connectivity index (χ2n) is 4.53. The number of urea groups is 1. The first-order chi connectivity index (χ1) is 8.72. The average molecular weight is 269 g/mol. The molecule has 0 saturated carbocycles. The molecule has 0 aliphatic carbocycles. The largest absolute Gasteiger partial charge is 0.396 e. The van der Waals surface area contributed by atoms with E-state index in [1.165, 1.54) is 0 Å². The van der Waals surface area contributed by atoms with Crippen molar-refractivity contribution in [1.29, 1.82) is 0 Å². The predicted octanol–water partition coefficient (Wildman–Crippen LogP) is 1.23. The maximum absolute atomic E-state index is 11.9. The fraction of sp³-hybridized carbons (Fsp3) is 0.667. The number of nitrogens with one attached hydrogen (secondary N) is 1. The maximum Gasteiger partial charge on any atom is 0.317 e. The van der Waals surface area contributed by atoms with Gasteiger partial charge in [0.05, 0.1) is 17.2 Å². The first kappa shape index (κ1) is 13.3. The van der Waals surface area contributed by atoms with Gasteiger partial charge in [-0.3, -0.25) is 0 Å². The van der Waals surface area contributed by atoms with E-state index in [9.17, 15) is 4.79 Å². The molecule has 1 fully saturated rings. The van der Waals surface area contributed by atoms with Crippen LogP contribution in [0.2, 0.25) is 0 Å². The lowest BCUT2D eigenvalue weighted by Gasteiger charge is -2.16. The minimum absolute atomic E-state index is 0.0583. The van der Waals surface area contributed by atoms with Gasteiger partial charge in [0.1, 0.15) is 0 Å². The van der Waals surface area contributed by atoms with Gasteiger partial charge in [-0.1, -0.05) is 6.92 Å². The molecule has 2 heterocycles. The molecule has 18 heavy (non-hydrogen) atoms. The van der Waals surface area contributed by atoms with Crippen molar-refractivity contribution in [3.8, 4) is 0 Å². The summed E-state index contributed by atoms with van der Waals surface area (Å²) in [5.74, 6) is 0.238. The summed E-state index contributed by atoms with van der Waals surface area (Å²) < 4.78 is 0. The first-order valence-electron chi connectivity index (χ1n) is 6.29. The molecule has 0 aromatic carbocycles. The smallest absolute Gasteiger partial charge is 0.317 e. The van der Waals surface area contributed by atoms with Crippen molar-refractivity contribution >= 4 is 17.4 Å². The predicted molar refractivity (Wildman–Crippen MR) is 70.5 cm³/mol. The van der Waals surface area contributed by atoms with Gasteiger partial charge in [0.2, 0.25) is 0 Å². The zero-order valence-corrected chi connectivity index (χ0v) is 11.4. The number of carbonyl (C=O) groups excluding carboxylic acids is 1. The first-order valence-corrected chi connectivity index (χ1v) is 7.17. The standard InChI is InChI=1S/C12H19N3O2S/c1-2-11-14-10(8-18-11)5-13-12(17)15-4-3-9(6-15)7-16/h8-9,16H,2-7H2,1H3,(H,13,17)/t9-/m1/s1. The van der Waals surface area contributed by atoms with E-state index in [2.05, 4.69) is 17.2 Å². The minimum atomic E-state index is -0.0583. The Hall–Kier alpha value is -1.14. The van der Waals surface area contributed by atoms with Crippen molar-refractivity contribution in [2.75, 3.05) is 19.7 Å². The Morgan fingerprint density at radius 2 is 2.56 bits per heavy atom. The molecule has 0 radical (unpaired) electrons. The minimum Gasteiger partial charge on any atom is -0.396 e. The molecule has 1 saturated heterocycles. The van der Waals surface area contributed by atoms with Crippen LogP contribution in [0.5, 0.6) is 0 Å². The van der Waals surface area contributed by atoms with E-state index >= 15 is 0 Å². The molecule has 6 heteroatoms. The highest BCUT2D eigenvalue weighted by Crippen LogP contribution is 2.15. The van der Waals surface area contributed by atoms with Gasteiger partial charge in [-0.05, 0) is 12.8 Å². The number of rotatable bonds is 4. The summed E-state index contributed by atoms with van der Waals surface area (Å²) in [7, 11) is 0. The summed E-state index contributed by atoms with van der Waals surface area (Å²) in [6.07, 6.45) is 1.82. The normalized spacial score (nSPS) is 19.2. The Balaban J connectivity index is 1.78. The number of hydrogen-bond acceptors (Lipinski definition) is 4. The number of likely N-dealkylation sites (tertiary alicyclic amines) is 1. The number of carbonyl (C=O) groups is 1. The van der Waals surface area contributed by atoms with Crippen molar-refractivity contribution in [2.24, 2.45) is 5.92 Å². The summed E-state index contributed by atoms with van der Waals surface area (Å²) in [6, 6.07) is -0.0583. The van der Waals surface area contributed by atoms with E-state index in [0.29, 0.717) is 13.1 Å². The molecule has 5 nitrogen and oxygen atoms in total. The molecule has 1 aliphatic rings. The monoisotopic (exact) mass is 269 g/mol. The van der Waals surface area contributed by atoms with Gasteiger partial charge in [-0.15, -0.1) is 11.3 Å². The number of aliphatic hydroxyl groups is 1. The highest BCUT2D eigenvalue weighted by atomic mass is 32.1. The second-order valence-corrected chi connectivity index (χ2v) is 5.47. The lowest BCUT2D eigenvalue weighted by atomic mass is 10.1. The van der Waals surface area contributed by atoms with Crippen molar-refractivity contribution in [3.05, 3.63) is 16.1 Å². The maximum atomic E-state index is 11.9. The molecule has 0 unspecified atom stereocenters. The second kappa shape index (κ2) is 6.15. The third-order valence-corrected chi connectivity index (χ3v) is 4.20. The van der Waals surface area contributed by atoms with Crippen LogP contribution in [0.4, 0.5) is 4.79 Å². The van der Waals surface area contributed by atoms with Crippen molar-refractivity contribution in [1.82, 2.24) is 15.2 Å². The number of hydrogen-bond donors (Lipinski definition) is 2. The van der Waals surface area contributed by atoms with Crippen molar-refractivity contribution in [2.45, 2.75) is 26.3 Å². The molecule has 2 N–H and O–H groups in total. The lowest BCUT2D eigenvalue weighted by Crippen LogP contribution is -2.38. The number of thiazole rings is 1. The van der Waals surface area contributed by atoms with Gasteiger partial charge in [0.15, 0.2) is 0 Å². The molecule has 1 aromatic rings. The fourth-order valence-corrected chi connectivity index (χ4v) is 2.78. The number of aliphatic hydroxyl groups excluding tert-OH is 1. The molecule has 0 spiro atoms. The highest BCUT2D eigenvalue weighted by molar-refractivity contribution is 7.09. The van der Waals surface area contributed by atoms with Crippen LogP contribution in [0, 0.1) is 5.92 Å². The van der Waals surface area contributed by atoms with Crippen LogP contribution in [0.3, 0.4) is 0 Å². The van der Waals surface area contributed by atoms with Crippen LogP contribution < -0.4 is 5.32 Å². The third-order valence-electron chi connectivity index (χ3n) is 3.15. The summed E-state index contributed by atoms with van der Waals surface area (Å²) in [4.78, 5) is 18.0. The Morgan fingerprint density at radius 3 is 3.17 bits per heavy atom. The molecule has 0 bridgehead atoms. The summed E-state index contributed by atoms with van der Waals surface area (Å²) in [5, 5.41) is 15.0. The van der Waals surface area contributed by atoms with E-state index < -0.39 is 0 Å². The van der Waals surface area contributed by atoms with Gasteiger partial charge in [-0.25, -0.2) is 9.78 Å². The van der Waals surface area contributed by atoms with Gasteiger partial charge in [-0.2, -0.15) is 0 Å². The van der Waals surface area contributed by atoms with E-state index in [0.717, 1.165) is 30.1 Å². The molecular formula is C12H19N3O2S. The van der Waals surface area contributed by atoms with E-state index in [4.69, 9.17) is 5.11 Å². The summed E-state index contributed by atoms with van der Waals surface area (Å²) in [6.45, 7) is 4.10. The molecule has 100 valence electrons. The van der Waals surface area contributed by atoms with Crippen LogP contribution in [0.1, 0.15) is 24.0 Å². The third kappa shape index (κ3) is 3.20. The number of nitrogens with zero attached hydrogens (tertiary/aromatic N) is 2. The van der Waals surface area contributed by atoms with Crippen LogP contribution in [-0.2, 0) is 13.0 Å². The van der Waals surface area contributed by atoms with Crippen molar-refractivity contribution < 1.29 is 9.90 Å². The van der Waals surface area contributed by atoms with Crippen LogP contribution in [0.25, 0.3) is 0 Å². The van der Waals surface area contributed by atoms with E-state index in [-0.39, 0.29) is 18.6 Å². The zero-order valence-electron chi connectivity index (χ0n) is 10.6. The molecule has 1 aliphatic heterocycles. The van der Waals surface area contributed by atoms with Crippen LogP contribution in [-0.4, -0.2) is 40.7 Å². The summed E-state index contributed by atoms with van der Waals surface area (Å²) >= 11 is 1.63. The highest BCUT2D eigenvalue weighted by Gasteiger charge is 2.25. The van der Waals surface area contributed by atoms with Gasteiger partial charge >= 0.3 is 6.03 Å². The van der Waals surface area contributed by atoms with Gasteiger partial charge in [0.25, 0.3) is 0 Å². The Morgan fingerprint density at radius 1 is 1.72 bits per heavy atom. The molecular weight excluding hydrogens is 250 g/mol. The Kier molecular flexibility index (Phi) is 4.54. The zero-order chi connectivity index (χ0) is 13.0. The Bertz CT molecular complexity index is 408.